The van der Waals surface area contributed by atoms with Crippen LogP contribution in [0.25, 0.3) is 0 Å². The first kappa shape index (κ1) is 8.39. The van der Waals surface area contributed by atoms with Gasteiger partial charge < -0.3 is 5.32 Å². The molecule has 1 N–H and O–H groups in total. The van der Waals surface area contributed by atoms with Crippen molar-refractivity contribution in [3.8, 4) is 0 Å². The van der Waals surface area contributed by atoms with Gasteiger partial charge in [0.15, 0.2) is 0 Å². The fraction of sp³-hybridized carbons (Fsp3) is 0.333. The summed E-state index contributed by atoms with van der Waals surface area (Å²) in [6.07, 6.45) is 2.55. The third kappa shape index (κ3) is 1.93. The zero-order chi connectivity index (χ0) is 8.55. The van der Waals surface area contributed by atoms with Gasteiger partial charge in [-0.1, -0.05) is 11.6 Å². The zero-order valence-electron chi connectivity index (χ0n) is 6.48. The Morgan fingerprint density at radius 2 is 2.17 bits per heavy atom. The number of benzene rings is 1. The summed E-state index contributed by atoms with van der Waals surface area (Å²) in [4.78, 5) is 0. The van der Waals surface area contributed by atoms with Gasteiger partial charge in [-0.3, -0.25) is 0 Å². The number of rotatable bonds is 2. The number of hydrogen-bond acceptors (Lipinski definition) is 1. The van der Waals surface area contributed by atoms with Gasteiger partial charge in [0.1, 0.15) is 0 Å². The van der Waals surface area contributed by atoms with E-state index in [1.54, 1.807) is 0 Å². The smallest absolute Gasteiger partial charge is 0.0501 e. The predicted octanol–water partition coefficient (Wildman–Crippen LogP) is 3.68. The Morgan fingerprint density at radius 1 is 1.42 bits per heavy atom. The molecule has 0 amide bonds. The summed E-state index contributed by atoms with van der Waals surface area (Å²) in [6.45, 7) is 0. The van der Waals surface area contributed by atoms with Crippen molar-refractivity contribution in [3.05, 3.63) is 27.7 Å². The lowest BCUT2D eigenvalue weighted by molar-refractivity contribution is 1.15. The first-order chi connectivity index (χ1) is 5.75. The van der Waals surface area contributed by atoms with Crippen molar-refractivity contribution in [2.45, 2.75) is 18.9 Å². The Hall–Kier alpha value is -0.210. The Morgan fingerprint density at radius 3 is 2.83 bits per heavy atom. The average Bonchev–Trinajstić information content (AvgIpc) is 2.81. The predicted molar refractivity (Wildman–Crippen MR) is 55.8 cm³/mol. The molecule has 1 nitrogen and oxygen atoms in total. The highest BCUT2D eigenvalue weighted by atomic mass is 79.9. The van der Waals surface area contributed by atoms with Gasteiger partial charge in [-0.25, -0.2) is 0 Å². The molecular weight excluding hydrogens is 237 g/mol. The summed E-state index contributed by atoms with van der Waals surface area (Å²) in [6, 6.07) is 6.46. The summed E-state index contributed by atoms with van der Waals surface area (Å²) in [5, 5.41) is 4.17. The molecule has 64 valence electrons. The van der Waals surface area contributed by atoms with Gasteiger partial charge in [0, 0.05) is 15.5 Å². The lowest BCUT2D eigenvalue weighted by atomic mass is 10.3. The maximum Gasteiger partial charge on any atom is 0.0501 e. The quantitative estimate of drug-likeness (QED) is 0.839. The van der Waals surface area contributed by atoms with Gasteiger partial charge in [-0.15, -0.1) is 0 Å². The van der Waals surface area contributed by atoms with Crippen LogP contribution in [-0.2, 0) is 0 Å². The number of halogens is 2. The van der Waals surface area contributed by atoms with E-state index in [4.69, 9.17) is 11.6 Å². The van der Waals surface area contributed by atoms with Crippen molar-refractivity contribution in [1.29, 1.82) is 0 Å². The Balaban J connectivity index is 2.21. The molecular formula is C9H9BrClN. The molecule has 1 saturated carbocycles. The van der Waals surface area contributed by atoms with Crippen molar-refractivity contribution in [2.24, 2.45) is 0 Å². The molecule has 2 rings (SSSR count). The van der Waals surface area contributed by atoms with Crippen LogP contribution in [0, 0.1) is 0 Å². The minimum absolute atomic E-state index is 0.666. The standard InChI is InChI=1S/C9H9BrClN/c10-8-4-1-6(11)5-9(8)12-7-2-3-7/h1,4-5,7,12H,2-3H2. The highest BCUT2D eigenvalue weighted by Crippen LogP contribution is 2.31. The van der Waals surface area contributed by atoms with Gasteiger partial charge in [0.2, 0.25) is 0 Å². The van der Waals surface area contributed by atoms with Crippen molar-refractivity contribution in [2.75, 3.05) is 5.32 Å². The van der Waals surface area contributed by atoms with Crippen LogP contribution in [0.5, 0.6) is 0 Å². The third-order valence-electron chi connectivity index (χ3n) is 1.87. The number of hydrogen-bond donors (Lipinski definition) is 1. The lowest BCUT2D eigenvalue weighted by Gasteiger charge is -2.06. The first-order valence-corrected chi connectivity index (χ1v) is 5.14. The highest BCUT2D eigenvalue weighted by Gasteiger charge is 2.21. The monoisotopic (exact) mass is 245 g/mol. The third-order valence-corrected chi connectivity index (χ3v) is 2.79. The van der Waals surface area contributed by atoms with E-state index < -0.39 is 0 Å². The van der Waals surface area contributed by atoms with Gasteiger partial charge in [0.25, 0.3) is 0 Å². The second-order valence-corrected chi connectivity index (χ2v) is 4.33. The van der Waals surface area contributed by atoms with Crippen LogP contribution in [0.4, 0.5) is 5.69 Å². The van der Waals surface area contributed by atoms with Crippen LogP contribution < -0.4 is 5.32 Å². The maximum absolute atomic E-state index is 5.86. The molecule has 0 aromatic heterocycles. The van der Waals surface area contributed by atoms with Crippen molar-refractivity contribution in [3.63, 3.8) is 0 Å². The SMILES string of the molecule is Clc1ccc(Br)c(NC2CC2)c1. The fourth-order valence-corrected chi connectivity index (χ4v) is 1.59. The van der Waals surface area contributed by atoms with E-state index in [1.807, 2.05) is 18.2 Å². The Labute approximate surface area is 85.2 Å². The van der Waals surface area contributed by atoms with Crippen molar-refractivity contribution in [1.82, 2.24) is 0 Å². The van der Waals surface area contributed by atoms with Gasteiger partial charge >= 0.3 is 0 Å². The van der Waals surface area contributed by atoms with Crippen molar-refractivity contribution >= 4 is 33.2 Å². The van der Waals surface area contributed by atoms with Gasteiger partial charge in [-0.2, -0.15) is 0 Å². The summed E-state index contributed by atoms with van der Waals surface area (Å²) in [7, 11) is 0. The zero-order valence-corrected chi connectivity index (χ0v) is 8.82. The van der Waals surface area contributed by atoms with Gasteiger partial charge in [-0.05, 0) is 47.0 Å². The van der Waals surface area contributed by atoms with E-state index >= 15 is 0 Å². The second kappa shape index (κ2) is 3.27. The fourth-order valence-electron chi connectivity index (χ4n) is 1.06. The molecule has 1 aromatic rings. The molecule has 1 aliphatic rings. The second-order valence-electron chi connectivity index (χ2n) is 3.04. The van der Waals surface area contributed by atoms with Crippen LogP contribution in [0.1, 0.15) is 12.8 Å². The number of nitrogens with one attached hydrogen (secondary N) is 1. The molecule has 0 radical (unpaired) electrons. The molecule has 0 saturated heterocycles. The topological polar surface area (TPSA) is 12.0 Å². The van der Waals surface area contributed by atoms with E-state index in [2.05, 4.69) is 21.2 Å². The molecule has 0 heterocycles. The Bertz CT molecular complexity index is 297. The summed E-state index contributed by atoms with van der Waals surface area (Å²) in [5.74, 6) is 0. The first-order valence-electron chi connectivity index (χ1n) is 3.97. The van der Waals surface area contributed by atoms with E-state index in [0.717, 1.165) is 15.2 Å². The minimum atomic E-state index is 0.666. The number of anilines is 1. The molecule has 0 atom stereocenters. The molecule has 12 heavy (non-hydrogen) atoms. The molecule has 3 heteroatoms. The van der Waals surface area contributed by atoms with Gasteiger partial charge in [0.05, 0.1) is 5.69 Å². The summed E-state index contributed by atoms with van der Waals surface area (Å²) < 4.78 is 1.08. The van der Waals surface area contributed by atoms with E-state index in [9.17, 15) is 0 Å². The van der Waals surface area contributed by atoms with Crippen LogP contribution >= 0.6 is 27.5 Å². The molecule has 1 aromatic carbocycles. The van der Waals surface area contributed by atoms with Crippen LogP contribution in [0.3, 0.4) is 0 Å². The summed E-state index contributed by atoms with van der Waals surface area (Å²) >= 11 is 9.33. The normalized spacial score (nSPS) is 16.2. The van der Waals surface area contributed by atoms with Crippen molar-refractivity contribution < 1.29 is 0 Å². The molecule has 1 fully saturated rings. The van der Waals surface area contributed by atoms with Crippen LogP contribution in [0.15, 0.2) is 22.7 Å². The average molecular weight is 247 g/mol. The lowest BCUT2D eigenvalue weighted by Crippen LogP contribution is -2.00. The van der Waals surface area contributed by atoms with Crippen LogP contribution in [-0.4, -0.2) is 6.04 Å². The minimum Gasteiger partial charge on any atom is -0.381 e. The van der Waals surface area contributed by atoms with E-state index in [-0.39, 0.29) is 0 Å². The Kier molecular flexibility index (Phi) is 2.28. The molecule has 0 bridgehead atoms. The highest BCUT2D eigenvalue weighted by molar-refractivity contribution is 9.10. The largest absolute Gasteiger partial charge is 0.381 e. The van der Waals surface area contributed by atoms with E-state index in [0.29, 0.717) is 6.04 Å². The van der Waals surface area contributed by atoms with Crippen LogP contribution in [0.2, 0.25) is 5.02 Å². The summed E-state index contributed by atoms with van der Waals surface area (Å²) in [5.41, 5.74) is 1.10. The molecule has 0 spiro atoms. The molecule has 0 unspecified atom stereocenters. The molecule has 1 aliphatic carbocycles. The molecule has 0 aliphatic heterocycles. The van der Waals surface area contributed by atoms with E-state index in [1.165, 1.54) is 12.8 Å². The maximum atomic E-state index is 5.86.